The highest BCUT2D eigenvalue weighted by Crippen LogP contribution is 2.20. The van der Waals surface area contributed by atoms with Gasteiger partial charge in [0.05, 0.1) is 29.4 Å². The van der Waals surface area contributed by atoms with Crippen molar-refractivity contribution in [1.82, 2.24) is 15.1 Å². The average molecular weight is 569 g/mol. The second kappa shape index (κ2) is 11.4. The SMILES string of the molecule is CCc1cc(Cc2ccc(F)c(C(=O)N3CCN(c4ccc(Cl)c[n+]4OC(=O)C(F)(F)F)CC3)c2)n[nH]c1=O. The van der Waals surface area contributed by atoms with Crippen LogP contribution in [0.5, 0.6) is 0 Å². The third-order valence-electron chi connectivity index (χ3n) is 6.12. The Bertz CT molecular complexity index is 1460. The van der Waals surface area contributed by atoms with E-state index in [2.05, 4.69) is 15.0 Å². The van der Waals surface area contributed by atoms with Gasteiger partial charge < -0.3 is 4.90 Å². The molecule has 3 aromatic rings. The van der Waals surface area contributed by atoms with E-state index in [1.165, 1.54) is 35.2 Å². The van der Waals surface area contributed by atoms with Crippen LogP contribution in [0, 0.1) is 5.82 Å². The van der Waals surface area contributed by atoms with E-state index < -0.39 is 23.9 Å². The lowest BCUT2D eigenvalue weighted by molar-refractivity contribution is -0.860. The molecule has 0 spiro atoms. The van der Waals surface area contributed by atoms with Crippen molar-refractivity contribution in [2.24, 2.45) is 0 Å². The fraction of sp³-hybridized carbons (Fsp3) is 0.320. The van der Waals surface area contributed by atoms with Crippen LogP contribution in [0.4, 0.5) is 23.4 Å². The molecule has 2 aromatic heterocycles. The largest absolute Gasteiger partial charge is 0.495 e. The smallest absolute Gasteiger partial charge is 0.331 e. The van der Waals surface area contributed by atoms with Gasteiger partial charge >= 0.3 is 18.0 Å². The van der Waals surface area contributed by atoms with Crippen molar-refractivity contribution in [3.63, 3.8) is 0 Å². The van der Waals surface area contributed by atoms with E-state index in [1.807, 2.05) is 6.92 Å². The van der Waals surface area contributed by atoms with Crippen LogP contribution in [-0.2, 0) is 17.6 Å². The molecule has 0 aliphatic carbocycles. The molecule has 1 saturated heterocycles. The predicted molar refractivity (Wildman–Crippen MR) is 131 cm³/mol. The van der Waals surface area contributed by atoms with Crippen molar-refractivity contribution in [2.45, 2.75) is 25.9 Å². The Kier molecular flexibility index (Phi) is 8.19. The summed E-state index contributed by atoms with van der Waals surface area (Å²) in [7, 11) is 0. The molecule has 1 aromatic carbocycles. The number of hydrogen-bond acceptors (Lipinski definition) is 6. The monoisotopic (exact) mass is 568 g/mol. The number of piperazine rings is 1. The van der Waals surface area contributed by atoms with Gasteiger partial charge in [0.2, 0.25) is 0 Å². The molecule has 39 heavy (non-hydrogen) atoms. The zero-order valence-corrected chi connectivity index (χ0v) is 21.4. The minimum Gasteiger partial charge on any atom is -0.331 e. The third kappa shape index (κ3) is 6.53. The first-order valence-corrected chi connectivity index (χ1v) is 12.2. The van der Waals surface area contributed by atoms with Gasteiger partial charge in [-0.3, -0.25) is 14.5 Å². The lowest BCUT2D eigenvalue weighted by Gasteiger charge is -2.31. The fourth-order valence-electron chi connectivity index (χ4n) is 4.12. The summed E-state index contributed by atoms with van der Waals surface area (Å²) in [6.07, 6.45) is -3.39. The number of benzene rings is 1. The number of amides is 1. The summed E-state index contributed by atoms with van der Waals surface area (Å²) < 4.78 is 53.4. The van der Waals surface area contributed by atoms with Crippen LogP contribution < -0.4 is 20.0 Å². The quantitative estimate of drug-likeness (QED) is 0.362. The maximum absolute atomic E-state index is 14.7. The maximum Gasteiger partial charge on any atom is 0.495 e. The van der Waals surface area contributed by atoms with E-state index in [1.54, 1.807) is 11.0 Å². The van der Waals surface area contributed by atoms with Crippen molar-refractivity contribution < 1.29 is 36.7 Å². The highest BCUT2D eigenvalue weighted by molar-refractivity contribution is 6.30. The molecular weight excluding hydrogens is 546 g/mol. The molecule has 9 nitrogen and oxygen atoms in total. The van der Waals surface area contributed by atoms with Crippen LogP contribution in [0.3, 0.4) is 0 Å². The first-order valence-electron chi connectivity index (χ1n) is 11.9. The third-order valence-corrected chi connectivity index (χ3v) is 6.35. The van der Waals surface area contributed by atoms with Crippen LogP contribution in [-0.4, -0.2) is 59.3 Å². The van der Waals surface area contributed by atoms with Crippen LogP contribution in [0.25, 0.3) is 0 Å². The Hall–Kier alpha value is -4.00. The Morgan fingerprint density at radius 1 is 1.13 bits per heavy atom. The average Bonchev–Trinajstić information content (AvgIpc) is 2.90. The number of carbonyl (C=O) groups excluding carboxylic acids is 2. The van der Waals surface area contributed by atoms with Crippen molar-refractivity contribution in [3.05, 3.63) is 86.2 Å². The summed E-state index contributed by atoms with van der Waals surface area (Å²) >= 11 is 5.87. The van der Waals surface area contributed by atoms with E-state index in [0.29, 0.717) is 28.0 Å². The summed E-state index contributed by atoms with van der Waals surface area (Å²) in [6, 6.07) is 8.64. The first-order chi connectivity index (χ1) is 18.5. The maximum atomic E-state index is 14.7. The number of aromatic nitrogens is 3. The summed E-state index contributed by atoms with van der Waals surface area (Å²) in [5, 5.41) is 6.49. The Morgan fingerprint density at radius 3 is 2.51 bits per heavy atom. The van der Waals surface area contributed by atoms with Crippen molar-refractivity contribution in [2.75, 3.05) is 31.1 Å². The van der Waals surface area contributed by atoms with Crippen LogP contribution in [0.1, 0.15) is 34.1 Å². The van der Waals surface area contributed by atoms with E-state index in [4.69, 9.17) is 11.6 Å². The molecule has 4 rings (SSSR count). The van der Waals surface area contributed by atoms with Gasteiger partial charge in [-0.2, -0.15) is 18.3 Å². The molecule has 14 heteroatoms. The number of aryl methyl sites for hydroxylation is 1. The number of nitrogens with zero attached hydrogens (tertiary/aromatic N) is 4. The number of H-pyrrole nitrogens is 1. The molecule has 0 bridgehead atoms. The number of nitrogens with one attached hydrogen (secondary N) is 1. The van der Waals surface area contributed by atoms with E-state index >= 15 is 0 Å². The minimum atomic E-state index is -5.21. The molecule has 1 N–H and O–H groups in total. The van der Waals surface area contributed by atoms with Crippen molar-refractivity contribution >= 4 is 29.3 Å². The molecule has 1 fully saturated rings. The molecular formula is C25H23ClF4N5O4+. The topological polar surface area (TPSA) is 99.5 Å². The number of anilines is 1. The van der Waals surface area contributed by atoms with Gasteiger partial charge in [-0.1, -0.05) is 24.6 Å². The molecule has 0 radical (unpaired) electrons. The van der Waals surface area contributed by atoms with Crippen LogP contribution in [0.15, 0.2) is 47.4 Å². The number of hydrogen-bond donors (Lipinski definition) is 1. The van der Waals surface area contributed by atoms with Gasteiger partial charge in [-0.15, -0.1) is 0 Å². The molecule has 1 aliphatic rings. The highest BCUT2D eigenvalue weighted by Gasteiger charge is 2.44. The second-order valence-electron chi connectivity index (χ2n) is 8.75. The number of alkyl halides is 3. The number of pyridine rings is 1. The molecule has 206 valence electrons. The number of aromatic amines is 1. The molecule has 3 heterocycles. The summed E-state index contributed by atoms with van der Waals surface area (Å²) in [4.78, 5) is 43.8. The van der Waals surface area contributed by atoms with Gasteiger partial charge in [-0.05, 0) is 41.0 Å². The van der Waals surface area contributed by atoms with E-state index in [0.717, 1.165) is 6.20 Å². The van der Waals surface area contributed by atoms with Gasteiger partial charge in [0.1, 0.15) is 18.9 Å². The van der Waals surface area contributed by atoms with E-state index in [-0.39, 0.29) is 54.6 Å². The summed E-state index contributed by atoms with van der Waals surface area (Å²) in [6.45, 7) is 2.42. The van der Waals surface area contributed by atoms with Gasteiger partial charge in [0.25, 0.3) is 11.5 Å². The fourth-order valence-corrected chi connectivity index (χ4v) is 4.27. The zero-order chi connectivity index (χ0) is 28.3. The number of carbonyl (C=O) groups is 2. The molecule has 0 saturated carbocycles. The normalized spacial score (nSPS) is 13.9. The Balaban J connectivity index is 1.47. The van der Waals surface area contributed by atoms with Gasteiger partial charge in [-0.25, -0.2) is 19.1 Å². The Labute approximate surface area is 224 Å². The molecule has 1 aliphatic heterocycles. The molecule has 0 unspecified atom stereocenters. The Morgan fingerprint density at radius 2 is 1.85 bits per heavy atom. The lowest BCUT2D eigenvalue weighted by Crippen LogP contribution is -2.57. The zero-order valence-electron chi connectivity index (χ0n) is 20.6. The van der Waals surface area contributed by atoms with Gasteiger partial charge in [0.15, 0.2) is 6.20 Å². The standard InChI is InChI=1S/C25H22ClF4N5O4/c1-2-16-13-18(31-32-22(16)36)11-15-3-5-20(27)19(12-15)23(37)34-9-7-33(8-10-34)21-6-4-17(26)14-35(21)39-24(38)25(28,29)30/h3-6,12-14H,2,7-11H2,1H3/p+1. The second-order valence-corrected chi connectivity index (χ2v) is 9.18. The summed E-state index contributed by atoms with van der Waals surface area (Å²) in [5.74, 6) is -3.55. The number of rotatable bonds is 6. The lowest BCUT2D eigenvalue weighted by atomic mass is 10.0. The van der Waals surface area contributed by atoms with Crippen molar-refractivity contribution in [1.29, 1.82) is 0 Å². The van der Waals surface area contributed by atoms with Crippen molar-refractivity contribution in [3.8, 4) is 0 Å². The molecule has 1 amide bonds. The van der Waals surface area contributed by atoms with Crippen LogP contribution in [0.2, 0.25) is 5.02 Å². The first kappa shape index (κ1) is 28.0. The highest BCUT2D eigenvalue weighted by atomic mass is 35.5. The van der Waals surface area contributed by atoms with Crippen LogP contribution >= 0.6 is 11.6 Å². The minimum absolute atomic E-state index is 0.0425. The van der Waals surface area contributed by atoms with E-state index in [9.17, 15) is 31.9 Å². The van der Waals surface area contributed by atoms with Gasteiger partial charge in [0, 0.05) is 18.1 Å². The predicted octanol–water partition coefficient (Wildman–Crippen LogP) is 2.48. The summed E-state index contributed by atoms with van der Waals surface area (Å²) in [5.41, 5.74) is 1.33. The number of halogens is 5. The molecule has 0 atom stereocenters.